The number of hydrogen-bond acceptors (Lipinski definition) is 3. The molecule has 1 unspecified atom stereocenters. The zero-order valence-corrected chi connectivity index (χ0v) is 14.6. The molecule has 0 bridgehead atoms. The summed E-state index contributed by atoms with van der Waals surface area (Å²) in [5, 5.41) is 3.06. The second-order valence-electron chi connectivity index (χ2n) is 6.30. The zero-order valence-electron chi connectivity index (χ0n) is 14.6. The van der Waals surface area contributed by atoms with Gasteiger partial charge in [0.05, 0.1) is 6.04 Å². The highest BCUT2D eigenvalue weighted by molar-refractivity contribution is 5.81. The molecule has 1 amide bonds. The zero-order chi connectivity index (χ0) is 17.2. The van der Waals surface area contributed by atoms with Gasteiger partial charge in [0.15, 0.2) is 0 Å². The van der Waals surface area contributed by atoms with Gasteiger partial charge in [0.1, 0.15) is 12.4 Å². The Bertz CT molecular complexity index is 540. The third-order valence-corrected chi connectivity index (χ3v) is 4.53. The quantitative estimate of drug-likeness (QED) is 0.782. The van der Waals surface area contributed by atoms with Gasteiger partial charge in [-0.25, -0.2) is 0 Å². The minimum atomic E-state index is -0.0392. The van der Waals surface area contributed by atoms with Crippen molar-refractivity contribution in [1.29, 1.82) is 0 Å². The molecule has 1 heterocycles. The fourth-order valence-electron chi connectivity index (χ4n) is 3.00. The first-order chi connectivity index (χ1) is 11.7. The van der Waals surface area contributed by atoms with Crippen LogP contribution in [0.5, 0.6) is 5.75 Å². The number of nitrogens with zero attached hydrogens (tertiary/aromatic N) is 1. The summed E-state index contributed by atoms with van der Waals surface area (Å²) in [5.74, 6) is 3.35. The number of ether oxygens (including phenoxy) is 1. The van der Waals surface area contributed by atoms with Crippen LogP contribution >= 0.6 is 0 Å². The molecule has 1 fully saturated rings. The Morgan fingerprint density at radius 1 is 1.25 bits per heavy atom. The van der Waals surface area contributed by atoms with Crippen molar-refractivity contribution in [3.8, 4) is 18.1 Å². The van der Waals surface area contributed by atoms with Gasteiger partial charge in [0.2, 0.25) is 5.91 Å². The van der Waals surface area contributed by atoms with Crippen molar-refractivity contribution in [3.63, 3.8) is 0 Å². The van der Waals surface area contributed by atoms with Crippen LogP contribution in [0.25, 0.3) is 0 Å². The Labute approximate surface area is 145 Å². The normalized spacial score (nSPS) is 16.7. The molecule has 1 N–H and O–H groups in total. The first-order valence-electron chi connectivity index (χ1n) is 8.87. The number of carbonyl (C=O) groups is 1. The van der Waals surface area contributed by atoms with Crippen LogP contribution in [0, 0.1) is 12.3 Å². The lowest BCUT2D eigenvalue weighted by molar-refractivity contribution is -0.125. The van der Waals surface area contributed by atoms with Crippen molar-refractivity contribution in [2.75, 3.05) is 26.2 Å². The summed E-state index contributed by atoms with van der Waals surface area (Å²) in [6.45, 7) is 5.02. The van der Waals surface area contributed by atoms with E-state index < -0.39 is 0 Å². The third-order valence-electron chi connectivity index (χ3n) is 4.53. The summed E-state index contributed by atoms with van der Waals surface area (Å²) in [5.41, 5.74) is 1.17. The molecule has 1 atom stereocenters. The predicted molar refractivity (Wildman–Crippen MR) is 97.0 cm³/mol. The first-order valence-corrected chi connectivity index (χ1v) is 8.87. The Morgan fingerprint density at radius 3 is 2.54 bits per heavy atom. The highest BCUT2D eigenvalue weighted by atomic mass is 16.5. The first kappa shape index (κ1) is 18.4. The van der Waals surface area contributed by atoms with Crippen LogP contribution in [0.4, 0.5) is 0 Å². The Hall–Kier alpha value is -1.99. The fraction of sp³-hybridized carbons (Fsp3) is 0.550. The van der Waals surface area contributed by atoms with Crippen molar-refractivity contribution in [1.82, 2.24) is 10.2 Å². The SMILES string of the molecule is C#CCOc1ccc(CCNC(=O)C(C)N2CCCCCC2)cc1. The van der Waals surface area contributed by atoms with Crippen LogP contribution in [0.15, 0.2) is 24.3 Å². The van der Waals surface area contributed by atoms with Crippen molar-refractivity contribution in [2.24, 2.45) is 0 Å². The summed E-state index contributed by atoms with van der Waals surface area (Å²) in [4.78, 5) is 14.6. The summed E-state index contributed by atoms with van der Waals surface area (Å²) in [6, 6.07) is 7.80. The molecule has 24 heavy (non-hydrogen) atoms. The van der Waals surface area contributed by atoms with Crippen LogP contribution in [-0.4, -0.2) is 43.1 Å². The van der Waals surface area contributed by atoms with E-state index in [9.17, 15) is 4.79 Å². The molecule has 0 aliphatic carbocycles. The maximum Gasteiger partial charge on any atom is 0.237 e. The standard InChI is InChI=1S/C20H28N2O2/c1-3-16-24-19-10-8-18(9-11-19)12-13-21-20(23)17(2)22-14-6-4-5-7-15-22/h1,8-11,17H,4-7,12-16H2,2H3,(H,21,23). The molecule has 4 nitrogen and oxygen atoms in total. The highest BCUT2D eigenvalue weighted by Gasteiger charge is 2.21. The van der Waals surface area contributed by atoms with Crippen LogP contribution in [-0.2, 0) is 11.2 Å². The molecule has 0 spiro atoms. The average Bonchev–Trinajstić information content (AvgIpc) is 2.89. The second-order valence-corrected chi connectivity index (χ2v) is 6.30. The van der Waals surface area contributed by atoms with Gasteiger partial charge < -0.3 is 10.1 Å². The molecule has 0 radical (unpaired) electrons. The summed E-state index contributed by atoms with van der Waals surface area (Å²) in [7, 11) is 0. The van der Waals surface area contributed by atoms with Gasteiger partial charge in [-0.3, -0.25) is 9.69 Å². The number of rotatable bonds is 7. The molecule has 1 aromatic rings. The summed E-state index contributed by atoms with van der Waals surface area (Å²) in [6.07, 6.45) is 10.9. The molecule has 1 aliphatic rings. The number of hydrogen-bond donors (Lipinski definition) is 1. The Kier molecular flexibility index (Phi) is 7.64. The van der Waals surface area contributed by atoms with Crippen molar-refractivity contribution < 1.29 is 9.53 Å². The van der Waals surface area contributed by atoms with E-state index in [2.05, 4.69) is 16.1 Å². The van der Waals surface area contributed by atoms with Crippen LogP contribution in [0.1, 0.15) is 38.2 Å². The number of amides is 1. The number of likely N-dealkylation sites (tertiary alicyclic amines) is 1. The van der Waals surface area contributed by atoms with E-state index in [1.54, 1.807) is 0 Å². The van der Waals surface area contributed by atoms with E-state index in [0.29, 0.717) is 6.54 Å². The molecule has 4 heteroatoms. The van der Waals surface area contributed by atoms with Crippen LogP contribution in [0.3, 0.4) is 0 Å². The monoisotopic (exact) mass is 328 g/mol. The number of benzene rings is 1. The minimum Gasteiger partial charge on any atom is -0.481 e. The van der Waals surface area contributed by atoms with E-state index >= 15 is 0 Å². The molecule has 1 aliphatic heterocycles. The van der Waals surface area contributed by atoms with Crippen molar-refractivity contribution in [3.05, 3.63) is 29.8 Å². The van der Waals surface area contributed by atoms with E-state index in [1.165, 1.54) is 31.2 Å². The van der Waals surface area contributed by atoms with Crippen LogP contribution in [0.2, 0.25) is 0 Å². The third kappa shape index (κ3) is 5.90. The second kappa shape index (κ2) is 10.00. The molecule has 0 saturated carbocycles. The van der Waals surface area contributed by atoms with Crippen molar-refractivity contribution in [2.45, 2.75) is 45.1 Å². The maximum absolute atomic E-state index is 12.3. The maximum atomic E-state index is 12.3. The van der Waals surface area contributed by atoms with Crippen LogP contribution < -0.4 is 10.1 Å². The largest absolute Gasteiger partial charge is 0.481 e. The van der Waals surface area contributed by atoms with E-state index in [1.807, 2.05) is 31.2 Å². The predicted octanol–water partition coefficient (Wildman–Crippen LogP) is 2.62. The average molecular weight is 328 g/mol. The lowest BCUT2D eigenvalue weighted by atomic mass is 10.1. The van der Waals surface area contributed by atoms with E-state index in [4.69, 9.17) is 11.2 Å². The molecular formula is C20H28N2O2. The molecular weight excluding hydrogens is 300 g/mol. The van der Waals surface area contributed by atoms with Gasteiger partial charge in [-0.15, -0.1) is 6.42 Å². The number of terminal acetylenes is 1. The lowest BCUT2D eigenvalue weighted by Gasteiger charge is -2.26. The van der Waals surface area contributed by atoms with Gasteiger partial charge in [-0.05, 0) is 57.0 Å². The van der Waals surface area contributed by atoms with Gasteiger partial charge in [0.25, 0.3) is 0 Å². The molecule has 1 aromatic carbocycles. The van der Waals surface area contributed by atoms with Crippen molar-refractivity contribution >= 4 is 5.91 Å². The highest BCUT2D eigenvalue weighted by Crippen LogP contribution is 2.13. The van der Waals surface area contributed by atoms with E-state index in [0.717, 1.165) is 25.3 Å². The number of nitrogens with one attached hydrogen (secondary N) is 1. The van der Waals surface area contributed by atoms with Gasteiger partial charge in [-0.2, -0.15) is 0 Å². The molecule has 2 rings (SSSR count). The summed E-state index contributed by atoms with van der Waals surface area (Å²) >= 11 is 0. The lowest BCUT2D eigenvalue weighted by Crippen LogP contribution is -2.46. The minimum absolute atomic E-state index is 0.0392. The van der Waals surface area contributed by atoms with Gasteiger partial charge in [0, 0.05) is 6.54 Å². The summed E-state index contributed by atoms with van der Waals surface area (Å²) < 4.78 is 5.35. The van der Waals surface area contributed by atoms with Gasteiger partial charge >= 0.3 is 0 Å². The fourth-order valence-corrected chi connectivity index (χ4v) is 3.00. The van der Waals surface area contributed by atoms with E-state index in [-0.39, 0.29) is 18.6 Å². The Morgan fingerprint density at radius 2 is 1.92 bits per heavy atom. The molecule has 0 aromatic heterocycles. The topological polar surface area (TPSA) is 41.6 Å². The number of carbonyl (C=O) groups excluding carboxylic acids is 1. The Balaban J connectivity index is 1.72. The van der Waals surface area contributed by atoms with Gasteiger partial charge in [-0.1, -0.05) is 30.9 Å². The molecule has 130 valence electrons. The smallest absolute Gasteiger partial charge is 0.237 e. The molecule has 1 saturated heterocycles.